The van der Waals surface area contributed by atoms with Gasteiger partial charge in [0.05, 0.1) is 6.10 Å². The Kier molecular flexibility index (Phi) is 6.25. The summed E-state index contributed by atoms with van der Waals surface area (Å²) in [5, 5.41) is 2.84. The third-order valence-corrected chi connectivity index (χ3v) is 9.25. The lowest BCUT2D eigenvalue weighted by molar-refractivity contribution is -0.119. The van der Waals surface area contributed by atoms with E-state index in [1.165, 1.54) is 43.8 Å². The van der Waals surface area contributed by atoms with Gasteiger partial charge >= 0.3 is 0 Å². The SMILES string of the molecule is C=CC(=O)NCCCCOC1CC[C@H]2[C@@H]3CCC4=CC(=O)CC[C@]4(C)[C@H]3CC[C@]12C. The third-order valence-electron chi connectivity index (χ3n) is 9.25. The average molecular weight is 414 g/mol. The zero-order chi connectivity index (χ0) is 21.4. The number of hydrogen-bond donors (Lipinski definition) is 1. The van der Waals surface area contributed by atoms with Crippen molar-refractivity contribution in [2.24, 2.45) is 28.6 Å². The van der Waals surface area contributed by atoms with Crippen LogP contribution >= 0.6 is 0 Å². The van der Waals surface area contributed by atoms with E-state index in [-0.39, 0.29) is 11.3 Å². The van der Waals surface area contributed by atoms with Crippen LogP contribution in [0.5, 0.6) is 0 Å². The lowest BCUT2D eigenvalue weighted by atomic mass is 9.47. The molecule has 0 heterocycles. The number of fused-ring (bicyclic) bond motifs is 5. The topological polar surface area (TPSA) is 55.4 Å². The van der Waals surface area contributed by atoms with Crippen molar-refractivity contribution in [3.63, 3.8) is 0 Å². The van der Waals surface area contributed by atoms with E-state index >= 15 is 0 Å². The zero-order valence-corrected chi connectivity index (χ0v) is 18.9. The molecule has 0 aromatic rings. The van der Waals surface area contributed by atoms with Crippen LogP contribution in [0.2, 0.25) is 0 Å². The van der Waals surface area contributed by atoms with Gasteiger partial charge in [-0.25, -0.2) is 0 Å². The van der Waals surface area contributed by atoms with Crippen molar-refractivity contribution in [3.05, 3.63) is 24.3 Å². The fourth-order valence-electron chi connectivity index (χ4n) is 7.52. The number of hydrogen-bond acceptors (Lipinski definition) is 3. The van der Waals surface area contributed by atoms with E-state index in [9.17, 15) is 9.59 Å². The monoisotopic (exact) mass is 413 g/mol. The first-order valence-electron chi connectivity index (χ1n) is 12.1. The maximum absolute atomic E-state index is 12.0. The summed E-state index contributed by atoms with van der Waals surface area (Å²) in [6.45, 7) is 9.91. The number of carbonyl (C=O) groups is 2. The second-order valence-electron chi connectivity index (χ2n) is 10.7. The molecule has 4 heteroatoms. The molecular weight excluding hydrogens is 374 g/mol. The van der Waals surface area contributed by atoms with Crippen molar-refractivity contribution in [1.29, 1.82) is 0 Å². The van der Waals surface area contributed by atoms with Crippen LogP contribution in [0.25, 0.3) is 0 Å². The highest BCUT2D eigenvalue weighted by Crippen LogP contribution is 2.65. The van der Waals surface area contributed by atoms with Crippen LogP contribution in [0.3, 0.4) is 0 Å². The molecule has 1 unspecified atom stereocenters. The molecule has 6 atom stereocenters. The molecule has 3 saturated carbocycles. The summed E-state index contributed by atoms with van der Waals surface area (Å²) in [5.74, 6) is 2.56. The number of rotatable bonds is 7. The van der Waals surface area contributed by atoms with Crippen molar-refractivity contribution in [2.75, 3.05) is 13.2 Å². The summed E-state index contributed by atoms with van der Waals surface area (Å²) in [4.78, 5) is 23.2. The van der Waals surface area contributed by atoms with Gasteiger partial charge in [-0.2, -0.15) is 0 Å². The summed E-state index contributed by atoms with van der Waals surface area (Å²) in [7, 11) is 0. The van der Waals surface area contributed by atoms with E-state index in [2.05, 4.69) is 25.7 Å². The van der Waals surface area contributed by atoms with E-state index < -0.39 is 0 Å². The first kappa shape index (κ1) is 21.8. The Bertz CT molecular complexity index is 728. The van der Waals surface area contributed by atoms with Crippen molar-refractivity contribution in [1.82, 2.24) is 5.32 Å². The van der Waals surface area contributed by atoms with Crippen LogP contribution in [0.1, 0.15) is 78.1 Å². The van der Waals surface area contributed by atoms with Crippen molar-refractivity contribution in [2.45, 2.75) is 84.2 Å². The van der Waals surface area contributed by atoms with Crippen LogP contribution < -0.4 is 5.32 Å². The van der Waals surface area contributed by atoms with Gasteiger partial charge in [0.25, 0.3) is 0 Å². The predicted molar refractivity (Wildman–Crippen MR) is 119 cm³/mol. The van der Waals surface area contributed by atoms with Gasteiger partial charge in [0.15, 0.2) is 5.78 Å². The number of nitrogens with one attached hydrogen (secondary N) is 1. The van der Waals surface area contributed by atoms with Gasteiger partial charge < -0.3 is 10.1 Å². The quantitative estimate of drug-likeness (QED) is 0.473. The number of ketones is 1. The lowest BCUT2D eigenvalue weighted by Crippen LogP contribution is -2.51. The minimum absolute atomic E-state index is 0.0969. The van der Waals surface area contributed by atoms with Gasteiger partial charge in [0.2, 0.25) is 5.91 Å². The molecule has 30 heavy (non-hydrogen) atoms. The van der Waals surface area contributed by atoms with Crippen LogP contribution in [-0.2, 0) is 14.3 Å². The fraction of sp³-hybridized carbons (Fsp3) is 0.769. The van der Waals surface area contributed by atoms with E-state index in [1.54, 1.807) is 0 Å². The lowest BCUT2D eigenvalue weighted by Gasteiger charge is -2.58. The van der Waals surface area contributed by atoms with Gasteiger partial charge in [-0.05, 0) is 98.5 Å². The largest absolute Gasteiger partial charge is 0.378 e. The Hall–Kier alpha value is -1.42. The molecule has 4 aliphatic carbocycles. The highest BCUT2D eigenvalue weighted by Gasteiger charge is 2.59. The number of ether oxygens (including phenoxy) is 1. The van der Waals surface area contributed by atoms with Crippen LogP contribution in [-0.4, -0.2) is 30.9 Å². The summed E-state index contributed by atoms with van der Waals surface area (Å²) in [6, 6.07) is 0. The molecule has 4 rings (SSSR count). The van der Waals surface area contributed by atoms with Gasteiger partial charge in [-0.15, -0.1) is 0 Å². The van der Waals surface area contributed by atoms with E-state index in [0.29, 0.717) is 23.8 Å². The predicted octanol–water partition coefficient (Wildman–Crippen LogP) is 4.99. The summed E-state index contributed by atoms with van der Waals surface area (Å²) in [5.41, 5.74) is 2.02. The van der Waals surface area contributed by atoms with Crippen LogP contribution in [0.4, 0.5) is 0 Å². The standard InChI is InChI=1S/C26H39NO3/c1-4-24(29)27-15-5-6-16-30-23-10-9-21-20-8-7-18-17-19(28)11-13-25(18,2)22(20)12-14-26(21,23)3/h4,17,20-23H,1,5-16H2,2-3H3,(H,27,29)/t20-,21-,22-,23?,25-,26-/m0/s1. The maximum Gasteiger partial charge on any atom is 0.243 e. The minimum atomic E-state index is -0.0969. The molecule has 166 valence electrons. The molecule has 4 aliphatic rings. The molecule has 0 aromatic carbocycles. The zero-order valence-electron chi connectivity index (χ0n) is 18.9. The molecule has 0 radical (unpaired) electrons. The molecule has 0 spiro atoms. The van der Waals surface area contributed by atoms with Crippen molar-refractivity contribution >= 4 is 11.7 Å². The number of allylic oxidation sites excluding steroid dienone is 1. The van der Waals surface area contributed by atoms with E-state index in [4.69, 9.17) is 4.74 Å². The molecule has 0 aromatic heterocycles. The summed E-state index contributed by atoms with van der Waals surface area (Å²) < 4.78 is 6.45. The van der Waals surface area contributed by atoms with Gasteiger partial charge in [0, 0.05) is 19.6 Å². The van der Waals surface area contributed by atoms with Gasteiger partial charge in [0.1, 0.15) is 0 Å². The third kappa shape index (κ3) is 3.81. The van der Waals surface area contributed by atoms with Crippen molar-refractivity contribution < 1.29 is 14.3 Å². The molecule has 0 aliphatic heterocycles. The van der Waals surface area contributed by atoms with Gasteiger partial charge in [-0.1, -0.05) is 26.0 Å². The Morgan fingerprint density at radius 3 is 2.80 bits per heavy atom. The first-order valence-corrected chi connectivity index (χ1v) is 12.1. The molecule has 4 nitrogen and oxygen atoms in total. The Balaban J connectivity index is 1.34. The molecule has 3 fully saturated rings. The number of carbonyl (C=O) groups excluding carboxylic acids is 2. The molecule has 1 amide bonds. The summed E-state index contributed by atoms with van der Waals surface area (Å²) >= 11 is 0. The first-order chi connectivity index (χ1) is 14.4. The Labute approximate surface area is 181 Å². The number of unbranched alkanes of at least 4 members (excludes halogenated alkanes) is 1. The molecule has 0 saturated heterocycles. The highest BCUT2D eigenvalue weighted by molar-refractivity contribution is 5.91. The van der Waals surface area contributed by atoms with Gasteiger partial charge in [-0.3, -0.25) is 9.59 Å². The smallest absolute Gasteiger partial charge is 0.243 e. The van der Waals surface area contributed by atoms with Crippen LogP contribution in [0, 0.1) is 28.6 Å². The second-order valence-corrected chi connectivity index (χ2v) is 10.7. The normalized spacial score (nSPS) is 40.1. The average Bonchev–Trinajstić information content (AvgIpc) is 3.07. The molecule has 1 N–H and O–H groups in total. The maximum atomic E-state index is 12.0. The summed E-state index contributed by atoms with van der Waals surface area (Å²) in [6.07, 6.45) is 14.9. The second kappa shape index (κ2) is 8.61. The van der Waals surface area contributed by atoms with Crippen LogP contribution in [0.15, 0.2) is 24.3 Å². The highest BCUT2D eigenvalue weighted by atomic mass is 16.5. The number of amides is 1. The molecular formula is C26H39NO3. The Morgan fingerprint density at radius 2 is 2.00 bits per heavy atom. The van der Waals surface area contributed by atoms with Crippen molar-refractivity contribution in [3.8, 4) is 0 Å². The Morgan fingerprint density at radius 1 is 1.17 bits per heavy atom. The van der Waals surface area contributed by atoms with E-state index in [1.807, 2.05) is 6.08 Å². The fourth-order valence-corrected chi connectivity index (χ4v) is 7.52. The minimum Gasteiger partial charge on any atom is -0.378 e. The molecule has 0 bridgehead atoms. The van der Waals surface area contributed by atoms with E-state index in [0.717, 1.165) is 56.5 Å².